The van der Waals surface area contributed by atoms with E-state index < -0.39 is 6.61 Å². The summed E-state index contributed by atoms with van der Waals surface area (Å²) in [6.07, 6.45) is 2.67. The van der Waals surface area contributed by atoms with Gasteiger partial charge in [0.1, 0.15) is 5.75 Å². The lowest BCUT2D eigenvalue weighted by molar-refractivity contribution is -0.122. The zero-order chi connectivity index (χ0) is 18.5. The summed E-state index contributed by atoms with van der Waals surface area (Å²) in [5.41, 5.74) is 8.93. The van der Waals surface area contributed by atoms with E-state index in [4.69, 9.17) is 5.73 Å². The van der Waals surface area contributed by atoms with E-state index in [1.54, 1.807) is 12.1 Å². The van der Waals surface area contributed by atoms with Gasteiger partial charge in [-0.2, -0.15) is 8.78 Å². The SMILES string of the molecule is NC(CC(=O)NC1CCCc2cc(OC(F)F)ccc21)c1ccccc1. The number of hydrogen-bond acceptors (Lipinski definition) is 3. The minimum atomic E-state index is -2.84. The smallest absolute Gasteiger partial charge is 0.387 e. The first-order valence-electron chi connectivity index (χ1n) is 8.70. The van der Waals surface area contributed by atoms with Crippen molar-refractivity contribution in [2.45, 2.75) is 44.4 Å². The Labute approximate surface area is 151 Å². The number of benzene rings is 2. The van der Waals surface area contributed by atoms with Crippen LogP contribution >= 0.6 is 0 Å². The highest BCUT2D eigenvalue weighted by Gasteiger charge is 2.23. The number of hydrogen-bond donors (Lipinski definition) is 2. The number of fused-ring (bicyclic) bond motifs is 1. The van der Waals surface area contributed by atoms with Crippen molar-refractivity contribution >= 4 is 5.91 Å². The van der Waals surface area contributed by atoms with Crippen LogP contribution in [0.4, 0.5) is 8.78 Å². The van der Waals surface area contributed by atoms with E-state index in [-0.39, 0.29) is 30.2 Å². The average Bonchev–Trinajstić information content (AvgIpc) is 2.62. The van der Waals surface area contributed by atoms with Crippen molar-refractivity contribution in [1.29, 1.82) is 0 Å². The summed E-state index contributed by atoms with van der Waals surface area (Å²) in [6.45, 7) is -2.84. The second-order valence-corrected chi connectivity index (χ2v) is 6.47. The summed E-state index contributed by atoms with van der Waals surface area (Å²) >= 11 is 0. The van der Waals surface area contributed by atoms with Gasteiger partial charge in [-0.1, -0.05) is 36.4 Å². The highest BCUT2D eigenvalue weighted by atomic mass is 19.3. The number of rotatable bonds is 6. The van der Waals surface area contributed by atoms with E-state index >= 15 is 0 Å². The number of alkyl halides is 2. The molecular formula is C20H22F2N2O2. The van der Waals surface area contributed by atoms with E-state index in [0.29, 0.717) is 0 Å². The fraction of sp³-hybridized carbons (Fsp3) is 0.350. The Morgan fingerprint density at radius 3 is 2.73 bits per heavy atom. The molecule has 0 saturated carbocycles. The standard InChI is InChI=1S/C20H22F2N2O2/c21-20(22)26-15-9-10-16-14(11-15)7-4-8-18(16)24-19(25)12-17(23)13-5-2-1-3-6-13/h1-3,5-6,9-11,17-18,20H,4,7-8,12,23H2,(H,24,25). The molecule has 2 aromatic rings. The molecule has 4 nitrogen and oxygen atoms in total. The molecule has 2 atom stereocenters. The number of amides is 1. The van der Waals surface area contributed by atoms with Gasteiger partial charge in [0.25, 0.3) is 0 Å². The second kappa shape index (κ2) is 8.27. The molecule has 0 bridgehead atoms. The van der Waals surface area contributed by atoms with Crippen molar-refractivity contribution in [3.8, 4) is 5.75 Å². The van der Waals surface area contributed by atoms with Crippen LogP contribution in [0.2, 0.25) is 0 Å². The quantitative estimate of drug-likeness (QED) is 0.822. The number of nitrogens with two attached hydrogens (primary N) is 1. The third-order valence-corrected chi connectivity index (χ3v) is 4.62. The molecule has 0 aliphatic heterocycles. The first-order valence-corrected chi connectivity index (χ1v) is 8.70. The van der Waals surface area contributed by atoms with Gasteiger partial charge in [-0.05, 0) is 48.1 Å². The molecule has 3 N–H and O–H groups in total. The maximum absolute atomic E-state index is 12.4. The summed E-state index contributed by atoms with van der Waals surface area (Å²) in [5, 5.41) is 3.03. The van der Waals surface area contributed by atoms with Crippen LogP contribution in [0, 0.1) is 0 Å². The van der Waals surface area contributed by atoms with Crippen LogP contribution in [0.5, 0.6) is 5.75 Å². The Morgan fingerprint density at radius 2 is 2.00 bits per heavy atom. The average molecular weight is 360 g/mol. The van der Waals surface area contributed by atoms with Gasteiger partial charge in [-0.3, -0.25) is 4.79 Å². The van der Waals surface area contributed by atoms with Crippen molar-refractivity contribution in [3.63, 3.8) is 0 Å². The predicted molar refractivity (Wildman–Crippen MR) is 94.9 cm³/mol. The summed E-state index contributed by atoms with van der Waals surface area (Å²) in [5.74, 6) is 0.0314. The molecule has 0 spiro atoms. The highest BCUT2D eigenvalue weighted by Crippen LogP contribution is 2.32. The predicted octanol–water partition coefficient (Wildman–Crippen LogP) is 3.87. The van der Waals surface area contributed by atoms with Crippen molar-refractivity contribution in [1.82, 2.24) is 5.32 Å². The molecule has 2 aromatic carbocycles. The zero-order valence-electron chi connectivity index (χ0n) is 14.3. The molecule has 2 unspecified atom stereocenters. The molecule has 1 aliphatic carbocycles. The summed E-state index contributed by atoms with van der Waals surface area (Å²) in [6, 6.07) is 13.9. The van der Waals surface area contributed by atoms with Gasteiger partial charge in [0, 0.05) is 12.5 Å². The van der Waals surface area contributed by atoms with Crippen molar-refractivity contribution < 1.29 is 18.3 Å². The topological polar surface area (TPSA) is 64.4 Å². The molecule has 26 heavy (non-hydrogen) atoms. The molecule has 0 aromatic heterocycles. The Balaban J connectivity index is 1.65. The third-order valence-electron chi connectivity index (χ3n) is 4.62. The zero-order valence-corrected chi connectivity index (χ0v) is 14.3. The first-order chi connectivity index (χ1) is 12.5. The van der Waals surface area contributed by atoms with Gasteiger partial charge >= 0.3 is 6.61 Å². The van der Waals surface area contributed by atoms with Gasteiger partial charge in [-0.15, -0.1) is 0 Å². The van der Waals surface area contributed by atoms with Gasteiger partial charge in [0.05, 0.1) is 6.04 Å². The molecule has 138 valence electrons. The Bertz CT molecular complexity index is 753. The van der Waals surface area contributed by atoms with Crippen LogP contribution in [-0.2, 0) is 11.2 Å². The second-order valence-electron chi connectivity index (χ2n) is 6.47. The van der Waals surface area contributed by atoms with E-state index in [1.165, 1.54) is 6.07 Å². The summed E-state index contributed by atoms with van der Waals surface area (Å²) in [4.78, 5) is 12.4. The van der Waals surface area contributed by atoms with Crippen LogP contribution in [0.25, 0.3) is 0 Å². The van der Waals surface area contributed by atoms with Crippen molar-refractivity contribution in [2.75, 3.05) is 0 Å². The van der Waals surface area contributed by atoms with Crippen LogP contribution in [0.15, 0.2) is 48.5 Å². The third kappa shape index (κ3) is 4.58. The minimum absolute atomic E-state index is 0.118. The molecule has 0 radical (unpaired) electrons. The molecule has 6 heteroatoms. The number of nitrogens with one attached hydrogen (secondary N) is 1. The molecule has 0 fully saturated rings. The largest absolute Gasteiger partial charge is 0.435 e. The molecule has 0 saturated heterocycles. The lowest BCUT2D eigenvalue weighted by Gasteiger charge is -2.27. The molecule has 1 aliphatic rings. The van der Waals surface area contributed by atoms with Crippen molar-refractivity contribution in [2.24, 2.45) is 5.73 Å². The summed E-state index contributed by atoms with van der Waals surface area (Å²) < 4.78 is 29.2. The summed E-state index contributed by atoms with van der Waals surface area (Å²) in [7, 11) is 0. The van der Waals surface area contributed by atoms with E-state index in [0.717, 1.165) is 36.0 Å². The minimum Gasteiger partial charge on any atom is -0.435 e. The fourth-order valence-corrected chi connectivity index (χ4v) is 3.39. The van der Waals surface area contributed by atoms with Gasteiger partial charge in [-0.25, -0.2) is 0 Å². The maximum atomic E-state index is 12.4. The van der Waals surface area contributed by atoms with Gasteiger partial charge < -0.3 is 15.8 Å². The lowest BCUT2D eigenvalue weighted by atomic mass is 9.87. The highest BCUT2D eigenvalue weighted by molar-refractivity contribution is 5.77. The molecule has 1 amide bonds. The van der Waals surface area contributed by atoms with Gasteiger partial charge in [0.15, 0.2) is 0 Å². The van der Waals surface area contributed by atoms with Crippen LogP contribution in [-0.4, -0.2) is 12.5 Å². The molecule has 0 heterocycles. The lowest BCUT2D eigenvalue weighted by Crippen LogP contribution is -2.33. The van der Waals surface area contributed by atoms with Crippen molar-refractivity contribution in [3.05, 3.63) is 65.2 Å². The Morgan fingerprint density at radius 1 is 1.23 bits per heavy atom. The normalized spacial score (nSPS) is 17.5. The first kappa shape index (κ1) is 18.3. The Kier molecular flexibility index (Phi) is 5.83. The molecular weight excluding hydrogens is 338 g/mol. The van der Waals surface area contributed by atoms with Gasteiger partial charge in [0.2, 0.25) is 5.91 Å². The molecule has 3 rings (SSSR count). The fourth-order valence-electron chi connectivity index (χ4n) is 3.39. The monoisotopic (exact) mass is 360 g/mol. The van der Waals surface area contributed by atoms with E-state index in [9.17, 15) is 13.6 Å². The maximum Gasteiger partial charge on any atom is 0.387 e. The van der Waals surface area contributed by atoms with Crippen LogP contribution in [0.1, 0.15) is 48.0 Å². The number of carbonyl (C=O) groups is 1. The number of ether oxygens (including phenoxy) is 1. The van der Waals surface area contributed by atoms with E-state index in [1.807, 2.05) is 30.3 Å². The number of aryl methyl sites for hydroxylation is 1. The van der Waals surface area contributed by atoms with Crippen LogP contribution < -0.4 is 15.8 Å². The van der Waals surface area contributed by atoms with E-state index in [2.05, 4.69) is 10.1 Å². The number of carbonyl (C=O) groups excluding carboxylic acids is 1. The number of halogens is 2. The Hall–Kier alpha value is -2.47. The van der Waals surface area contributed by atoms with Crippen LogP contribution in [0.3, 0.4) is 0 Å².